The van der Waals surface area contributed by atoms with Gasteiger partial charge in [0.1, 0.15) is 5.60 Å². The van der Waals surface area contributed by atoms with Crippen LogP contribution in [0.5, 0.6) is 0 Å². The van der Waals surface area contributed by atoms with Gasteiger partial charge in [-0.15, -0.1) is 0 Å². The normalized spacial score (nSPS) is 25.9. The van der Waals surface area contributed by atoms with Crippen LogP contribution in [-0.2, 0) is 14.3 Å². The lowest BCUT2D eigenvalue weighted by Gasteiger charge is -2.40. The molecular formula is C12H19NO5. The first-order valence-corrected chi connectivity index (χ1v) is 6.02. The van der Waals surface area contributed by atoms with E-state index in [1.807, 2.05) is 0 Å². The Morgan fingerprint density at radius 1 is 1.39 bits per heavy atom. The number of carboxylic acid groups (broad SMARTS) is 1. The second-order valence-electron chi connectivity index (χ2n) is 6.11. The average Bonchev–Trinajstić information content (AvgIpc) is 2.53. The molecule has 6 heteroatoms. The maximum absolute atomic E-state index is 11.9. The van der Waals surface area contributed by atoms with E-state index in [-0.39, 0.29) is 6.54 Å². The standard InChI is InChI=1S/C12H19NO5/c1-11(2,3)18-10(16)13-4-8(9(14)15)12(5-13)6-17-7-12/h8H,4-7H2,1-3H3,(H,14,15)/t8-/m1/s1. The van der Waals surface area contributed by atoms with Gasteiger partial charge in [0.25, 0.3) is 0 Å². The molecule has 1 spiro atoms. The summed E-state index contributed by atoms with van der Waals surface area (Å²) in [5.74, 6) is -1.43. The molecule has 6 nitrogen and oxygen atoms in total. The Morgan fingerprint density at radius 3 is 2.33 bits per heavy atom. The van der Waals surface area contributed by atoms with Crippen molar-refractivity contribution >= 4 is 12.1 Å². The molecule has 0 radical (unpaired) electrons. The number of ether oxygens (including phenoxy) is 2. The number of carbonyl (C=O) groups excluding carboxylic acids is 1. The summed E-state index contributed by atoms with van der Waals surface area (Å²) < 4.78 is 10.4. The van der Waals surface area contributed by atoms with Crippen LogP contribution in [0.1, 0.15) is 20.8 Å². The molecule has 0 unspecified atom stereocenters. The van der Waals surface area contributed by atoms with Crippen molar-refractivity contribution in [2.24, 2.45) is 11.3 Å². The number of nitrogens with zero attached hydrogens (tertiary/aromatic N) is 1. The highest BCUT2D eigenvalue weighted by molar-refractivity contribution is 5.75. The number of aliphatic carboxylic acids is 1. The molecule has 0 aromatic carbocycles. The van der Waals surface area contributed by atoms with Crippen molar-refractivity contribution in [1.29, 1.82) is 0 Å². The summed E-state index contributed by atoms with van der Waals surface area (Å²) in [4.78, 5) is 24.6. The topological polar surface area (TPSA) is 76.1 Å². The predicted octanol–water partition coefficient (Wildman–Crippen LogP) is 0.955. The van der Waals surface area contributed by atoms with E-state index in [1.54, 1.807) is 20.8 Å². The number of hydrogen-bond donors (Lipinski definition) is 1. The van der Waals surface area contributed by atoms with E-state index < -0.39 is 29.0 Å². The lowest BCUT2D eigenvalue weighted by molar-refractivity contribution is -0.164. The third kappa shape index (κ3) is 2.29. The monoisotopic (exact) mass is 257 g/mol. The molecule has 0 bridgehead atoms. The van der Waals surface area contributed by atoms with Gasteiger partial charge in [-0.2, -0.15) is 0 Å². The van der Waals surface area contributed by atoms with Crippen molar-refractivity contribution in [2.75, 3.05) is 26.3 Å². The molecule has 2 heterocycles. The van der Waals surface area contributed by atoms with Gasteiger partial charge in [0, 0.05) is 18.5 Å². The Balaban J connectivity index is 2.05. The van der Waals surface area contributed by atoms with E-state index in [4.69, 9.17) is 9.47 Å². The maximum Gasteiger partial charge on any atom is 0.410 e. The van der Waals surface area contributed by atoms with Crippen molar-refractivity contribution in [3.63, 3.8) is 0 Å². The number of amides is 1. The van der Waals surface area contributed by atoms with Gasteiger partial charge in [-0.3, -0.25) is 4.79 Å². The molecule has 102 valence electrons. The van der Waals surface area contributed by atoms with Crippen LogP contribution in [0.15, 0.2) is 0 Å². The van der Waals surface area contributed by atoms with Crippen LogP contribution in [0.4, 0.5) is 4.79 Å². The highest BCUT2D eigenvalue weighted by Crippen LogP contribution is 2.42. The van der Waals surface area contributed by atoms with Gasteiger partial charge in [-0.1, -0.05) is 0 Å². The minimum atomic E-state index is -0.871. The fourth-order valence-corrected chi connectivity index (χ4v) is 2.43. The van der Waals surface area contributed by atoms with E-state index in [0.29, 0.717) is 19.8 Å². The quantitative estimate of drug-likeness (QED) is 0.757. The first kappa shape index (κ1) is 13.1. The molecule has 2 saturated heterocycles. The second-order valence-corrected chi connectivity index (χ2v) is 6.11. The summed E-state index contributed by atoms with van der Waals surface area (Å²) in [7, 11) is 0. The molecule has 2 fully saturated rings. The zero-order valence-electron chi connectivity index (χ0n) is 10.9. The van der Waals surface area contributed by atoms with Crippen LogP contribution in [0, 0.1) is 11.3 Å². The Labute approximate surface area is 106 Å². The second kappa shape index (κ2) is 4.12. The first-order chi connectivity index (χ1) is 8.23. The van der Waals surface area contributed by atoms with Crippen LogP contribution in [0.25, 0.3) is 0 Å². The van der Waals surface area contributed by atoms with E-state index in [2.05, 4.69) is 0 Å². The molecular weight excluding hydrogens is 238 g/mol. The average molecular weight is 257 g/mol. The third-order valence-electron chi connectivity index (χ3n) is 3.38. The summed E-state index contributed by atoms with van der Waals surface area (Å²) in [6.07, 6.45) is -0.447. The molecule has 1 N–H and O–H groups in total. The number of carboxylic acids is 1. The lowest BCUT2D eigenvalue weighted by Crippen LogP contribution is -2.51. The maximum atomic E-state index is 11.9. The van der Waals surface area contributed by atoms with E-state index in [1.165, 1.54) is 4.90 Å². The molecule has 2 aliphatic rings. The first-order valence-electron chi connectivity index (χ1n) is 6.02. The van der Waals surface area contributed by atoms with Crippen molar-refractivity contribution in [2.45, 2.75) is 26.4 Å². The van der Waals surface area contributed by atoms with E-state index >= 15 is 0 Å². The molecule has 0 saturated carbocycles. The fourth-order valence-electron chi connectivity index (χ4n) is 2.43. The number of rotatable bonds is 1. The fraction of sp³-hybridized carbons (Fsp3) is 0.833. The Kier molecular flexibility index (Phi) is 3.01. The van der Waals surface area contributed by atoms with Gasteiger partial charge in [0.15, 0.2) is 0 Å². The van der Waals surface area contributed by atoms with Crippen molar-refractivity contribution in [1.82, 2.24) is 4.90 Å². The predicted molar refractivity (Wildman–Crippen MR) is 62.2 cm³/mol. The Morgan fingerprint density at radius 2 is 2.00 bits per heavy atom. The molecule has 1 amide bonds. The highest BCUT2D eigenvalue weighted by Gasteiger charge is 2.56. The van der Waals surface area contributed by atoms with Crippen molar-refractivity contribution in [3.8, 4) is 0 Å². The molecule has 1 atom stereocenters. The zero-order chi connectivity index (χ0) is 13.6. The SMILES string of the molecule is CC(C)(C)OC(=O)N1C[C@H](C(=O)O)C2(COC2)C1. The molecule has 0 aromatic heterocycles. The smallest absolute Gasteiger partial charge is 0.410 e. The summed E-state index contributed by atoms with van der Waals surface area (Å²) in [5, 5.41) is 9.21. The van der Waals surface area contributed by atoms with E-state index in [9.17, 15) is 14.7 Å². The van der Waals surface area contributed by atoms with Crippen LogP contribution in [0.3, 0.4) is 0 Å². The molecule has 2 rings (SSSR count). The lowest BCUT2D eigenvalue weighted by atomic mass is 9.76. The Bertz CT molecular complexity index is 369. The van der Waals surface area contributed by atoms with Gasteiger partial charge in [0.2, 0.25) is 0 Å². The van der Waals surface area contributed by atoms with Crippen molar-refractivity contribution < 1.29 is 24.2 Å². The van der Waals surface area contributed by atoms with Gasteiger partial charge < -0.3 is 19.5 Å². The number of carbonyl (C=O) groups is 2. The summed E-state index contributed by atoms with van der Waals surface area (Å²) >= 11 is 0. The zero-order valence-corrected chi connectivity index (χ0v) is 10.9. The van der Waals surface area contributed by atoms with Gasteiger partial charge >= 0.3 is 12.1 Å². The largest absolute Gasteiger partial charge is 0.481 e. The van der Waals surface area contributed by atoms with Crippen LogP contribution in [-0.4, -0.2) is 54.0 Å². The van der Waals surface area contributed by atoms with Gasteiger partial charge in [0.05, 0.1) is 19.1 Å². The third-order valence-corrected chi connectivity index (χ3v) is 3.38. The van der Waals surface area contributed by atoms with Crippen molar-refractivity contribution in [3.05, 3.63) is 0 Å². The number of hydrogen-bond acceptors (Lipinski definition) is 4. The Hall–Kier alpha value is -1.30. The summed E-state index contributed by atoms with van der Waals surface area (Å²) in [6, 6.07) is 0. The van der Waals surface area contributed by atoms with Crippen LogP contribution >= 0.6 is 0 Å². The van der Waals surface area contributed by atoms with E-state index in [0.717, 1.165) is 0 Å². The number of likely N-dealkylation sites (tertiary alicyclic amines) is 1. The minimum absolute atomic E-state index is 0.202. The summed E-state index contributed by atoms with van der Waals surface area (Å²) in [6.45, 7) is 6.78. The molecule has 0 aliphatic carbocycles. The minimum Gasteiger partial charge on any atom is -0.481 e. The van der Waals surface area contributed by atoms with Crippen LogP contribution < -0.4 is 0 Å². The molecule has 18 heavy (non-hydrogen) atoms. The van der Waals surface area contributed by atoms with Crippen LogP contribution in [0.2, 0.25) is 0 Å². The van der Waals surface area contributed by atoms with Gasteiger partial charge in [-0.25, -0.2) is 4.79 Å². The molecule has 0 aromatic rings. The summed E-state index contributed by atoms with van der Waals surface area (Å²) in [5.41, 5.74) is -0.982. The highest BCUT2D eigenvalue weighted by atomic mass is 16.6. The van der Waals surface area contributed by atoms with Gasteiger partial charge in [-0.05, 0) is 20.8 Å². The molecule has 2 aliphatic heterocycles.